The molecule has 1 aliphatic heterocycles. The predicted octanol–water partition coefficient (Wildman–Crippen LogP) is 1.66. The van der Waals surface area contributed by atoms with E-state index < -0.39 is 0 Å². The monoisotopic (exact) mass is 279 g/mol. The summed E-state index contributed by atoms with van der Waals surface area (Å²) in [6, 6.07) is 4.34. The van der Waals surface area contributed by atoms with Crippen LogP contribution in [-0.2, 0) is 4.79 Å². The Bertz CT molecular complexity index is 419. The van der Waals surface area contributed by atoms with E-state index >= 15 is 0 Å². The zero-order chi connectivity index (χ0) is 14.5. The third-order valence-corrected chi connectivity index (χ3v) is 4.14. The van der Waals surface area contributed by atoms with Crippen molar-refractivity contribution in [1.82, 2.24) is 10.2 Å². The van der Waals surface area contributed by atoms with Crippen LogP contribution in [0.4, 0.5) is 0 Å². The van der Waals surface area contributed by atoms with Crippen LogP contribution in [0.2, 0.25) is 0 Å². The van der Waals surface area contributed by atoms with E-state index in [-0.39, 0.29) is 11.9 Å². The van der Waals surface area contributed by atoms with Gasteiger partial charge < -0.3 is 15.5 Å². The molecule has 1 saturated heterocycles. The minimum Gasteiger partial charge on any atom is -0.467 e. The van der Waals surface area contributed by atoms with Gasteiger partial charge in [0.15, 0.2) is 0 Å². The van der Waals surface area contributed by atoms with Gasteiger partial charge in [-0.05, 0) is 38.8 Å². The number of hydrogen-bond acceptors (Lipinski definition) is 4. The van der Waals surface area contributed by atoms with Crippen LogP contribution in [0.1, 0.15) is 44.9 Å². The quantitative estimate of drug-likeness (QED) is 0.860. The molecule has 0 aromatic carbocycles. The van der Waals surface area contributed by atoms with Crippen molar-refractivity contribution in [3.05, 3.63) is 24.2 Å². The highest BCUT2D eigenvalue weighted by Crippen LogP contribution is 2.22. The molecule has 2 heterocycles. The third kappa shape index (κ3) is 3.61. The first-order valence-corrected chi connectivity index (χ1v) is 7.40. The maximum atomic E-state index is 12.2. The van der Waals surface area contributed by atoms with E-state index in [4.69, 9.17) is 10.2 Å². The average Bonchev–Trinajstić information content (AvgIpc) is 2.95. The first kappa shape index (κ1) is 15.1. The van der Waals surface area contributed by atoms with Gasteiger partial charge in [0.2, 0.25) is 5.91 Å². The summed E-state index contributed by atoms with van der Waals surface area (Å²) in [7, 11) is 0. The Morgan fingerprint density at radius 1 is 1.60 bits per heavy atom. The van der Waals surface area contributed by atoms with Crippen LogP contribution < -0.4 is 11.1 Å². The molecule has 0 spiro atoms. The molecular formula is C15H25N3O2. The van der Waals surface area contributed by atoms with Crippen LogP contribution in [0, 0.1) is 0 Å². The van der Waals surface area contributed by atoms with Gasteiger partial charge in [-0.3, -0.25) is 9.69 Å². The lowest BCUT2D eigenvalue weighted by atomic mass is 9.96. The number of rotatable bonds is 5. The van der Waals surface area contributed by atoms with Gasteiger partial charge in [-0.25, -0.2) is 0 Å². The lowest BCUT2D eigenvalue weighted by molar-refractivity contribution is -0.124. The van der Waals surface area contributed by atoms with Gasteiger partial charge in [-0.1, -0.05) is 6.42 Å². The molecule has 3 N–H and O–H groups in total. The number of likely N-dealkylation sites (tertiary alicyclic amines) is 1. The van der Waals surface area contributed by atoms with Gasteiger partial charge in [0.05, 0.1) is 18.8 Å². The zero-order valence-corrected chi connectivity index (χ0v) is 12.3. The summed E-state index contributed by atoms with van der Waals surface area (Å²) in [5.41, 5.74) is 5.82. The second-order valence-electron chi connectivity index (χ2n) is 5.65. The smallest absolute Gasteiger partial charge is 0.234 e. The Labute approximate surface area is 120 Å². The summed E-state index contributed by atoms with van der Waals surface area (Å²) < 4.78 is 5.30. The first-order valence-electron chi connectivity index (χ1n) is 7.40. The zero-order valence-electron chi connectivity index (χ0n) is 12.3. The molecule has 2 rings (SSSR count). The topological polar surface area (TPSA) is 71.5 Å². The van der Waals surface area contributed by atoms with Crippen molar-refractivity contribution >= 4 is 5.91 Å². The summed E-state index contributed by atoms with van der Waals surface area (Å²) in [4.78, 5) is 14.4. The molecule has 1 aliphatic rings. The number of nitrogens with zero attached hydrogens (tertiary/aromatic N) is 1. The van der Waals surface area contributed by atoms with Crippen LogP contribution in [0.3, 0.4) is 0 Å². The molecule has 0 radical (unpaired) electrons. The molecule has 3 atom stereocenters. The highest BCUT2D eigenvalue weighted by molar-refractivity contribution is 5.78. The predicted molar refractivity (Wildman–Crippen MR) is 78.1 cm³/mol. The Balaban J connectivity index is 1.89. The fraction of sp³-hybridized carbons (Fsp3) is 0.667. The van der Waals surface area contributed by atoms with Crippen molar-refractivity contribution in [2.24, 2.45) is 5.73 Å². The third-order valence-electron chi connectivity index (χ3n) is 4.14. The largest absolute Gasteiger partial charge is 0.467 e. The highest BCUT2D eigenvalue weighted by atomic mass is 16.3. The lowest BCUT2D eigenvalue weighted by Crippen LogP contribution is -2.52. The molecular weight excluding hydrogens is 254 g/mol. The number of amides is 1. The minimum absolute atomic E-state index is 0.0288. The molecule has 5 heteroatoms. The van der Waals surface area contributed by atoms with Crippen molar-refractivity contribution in [3.8, 4) is 0 Å². The van der Waals surface area contributed by atoms with Crippen LogP contribution in [-0.4, -0.2) is 36.0 Å². The van der Waals surface area contributed by atoms with Gasteiger partial charge in [0, 0.05) is 18.6 Å². The van der Waals surface area contributed by atoms with Crippen LogP contribution in [0.5, 0.6) is 0 Å². The van der Waals surface area contributed by atoms with Crippen molar-refractivity contribution in [2.45, 2.75) is 51.2 Å². The van der Waals surface area contributed by atoms with E-state index in [2.05, 4.69) is 17.1 Å². The molecule has 1 amide bonds. The summed E-state index contributed by atoms with van der Waals surface area (Å²) >= 11 is 0. The normalized spacial score (nSPS) is 25.4. The SMILES string of the molecule is CC(NC(=O)CN1C(C)CCCC1CN)c1ccco1. The van der Waals surface area contributed by atoms with E-state index in [9.17, 15) is 4.79 Å². The molecule has 1 aromatic rings. The van der Waals surface area contributed by atoms with E-state index in [0.29, 0.717) is 25.2 Å². The minimum atomic E-state index is -0.103. The molecule has 1 aromatic heterocycles. The molecule has 112 valence electrons. The van der Waals surface area contributed by atoms with Crippen molar-refractivity contribution in [1.29, 1.82) is 0 Å². The molecule has 0 saturated carbocycles. The van der Waals surface area contributed by atoms with Gasteiger partial charge in [0.25, 0.3) is 0 Å². The lowest BCUT2D eigenvalue weighted by Gasteiger charge is -2.39. The standard InChI is InChI=1S/C15H25N3O2/c1-11-5-3-6-13(9-16)18(11)10-15(19)17-12(2)14-7-4-8-20-14/h4,7-8,11-13H,3,5-6,9-10,16H2,1-2H3,(H,17,19). The van der Waals surface area contributed by atoms with E-state index in [1.807, 2.05) is 19.1 Å². The van der Waals surface area contributed by atoms with Crippen LogP contribution in [0.25, 0.3) is 0 Å². The Morgan fingerprint density at radius 2 is 2.40 bits per heavy atom. The maximum absolute atomic E-state index is 12.2. The van der Waals surface area contributed by atoms with Crippen LogP contribution >= 0.6 is 0 Å². The van der Waals surface area contributed by atoms with Gasteiger partial charge >= 0.3 is 0 Å². The van der Waals surface area contributed by atoms with Crippen LogP contribution in [0.15, 0.2) is 22.8 Å². The highest BCUT2D eigenvalue weighted by Gasteiger charge is 2.28. The number of nitrogens with two attached hydrogens (primary N) is 1. The Kier molecular flexibility index (Phi) is 5.20. The van der Waals surface area contributed by atoms with E-state index in [1.165, 1.54) is 6.42 Å². The molecule has 0 bridgehead atoms. The summed E-state index contributed by atoms with van der Waals surface area (Å²) in [6.45, 7) is 5.13. The van der Waals surface area contributed by atoms with Crippen molar-refractivity contribution < 1.29 is 9.21 Å². The Hall–Kier alpha value is -1.33. The number of nitrogens with one attached hydrogen (secondary N) is 1. The second-order valence-corrected chi connectivity index (χ2v) is 5.65. The fourth-order valence-corrected chi connectivity index (χ4v) is 2.94. The fourth-order valence-electron chi connectivity index (χ4n) is 2.94. The number of furan rings is 1. The summed E-state index contributed by atoms with van der Waals surface area (Å²) in [5.74, 6) is 0.807. The summed E-state index contributed by atoms with van der Waals surface area (Å²) in [6.07, 6.45) is 5.04. The molecule has 1 fully saturated rings. The number of carbonyl (C=O) groups excluding carboxylic acids is 1. The molecule has 20 heavy (non-hydrogen) atoms. The second kappa shape index (κ2) is 6.90. The number of carbonyl (C=O) groups is 1. The molecule has 5 nitrogen and oxygen atoms in total. The first-order chi connectivity index (χ1) is 9.61. The van der Waals surface area contributed by atoms with Gasteiger partial charge in [0.1, 0.15) is 5.76 Å². The molecule has 3 unspecified atom stereocenters. The Morgan fingerprint density at radius 3 is 3.05 bits per heavy atom. The average molecular weight is 279 g/mol. The molecule has 0 aliphatic carbocycles. The number of piperidine rings is 1. The van der Waals surface area contributed by atoms with Crippen molar-refractivity contribution in [3.63, 3.8) is 0 Å². The van der Waals surface area contributed by atoms with E-state index in [0.717, 1.165) is 18.6 Å². The number of hydrogen-bond donors (Lipinski definition) is 2. The maximum Gasteiger partial charge on any atom is 0.234 e. The summed E-state index contributed by atoms with van der Waals surface area (Å²) in [5, 5.41) is 2.98. The van der Waals surface area contributed by atoms with Crippen molar-refractivity contribution in [2.75, 3.05) is 13.1 Å². The van der Waals surface area contributed by atoms with Gasteiger partial charge in [-0.15, -0.1) is 0 Å². The van der Waals surface area contributed by atoms with E-state index in [1.54, 1.807) is 6.26 Å². The van der Waals surface area contributed by atoms with Gasteiger partial charge in [-0.2, -0.15) is 0 Å².